The second kappa shape index (κ2) is 5.91. The third-order valence-electron chi connectivity index (χ3n) is 2.96. The number of hydrogen-bond acceptors (Lipinski definition) is 3. The van der Waals surface area contributed by atoms with Gasteiger partial charge in [0.1, 0.15) is 10.7 Å². The van der Waals surface area contributed by atoms with E-state index in [1.807, 2.05) is 19.1 Å². The van der Waals surface area contributed by atoms with Crippen molar-refractivity contribution in [2.75, 3.05) is 10.5 Å². The summed E-state index contributed by atoms with van der Waals surface area (Å²) < 4.78 is 40.2. The zero-order chi connectivity index (χ0) is 15.6. The third-order valence-corrected chi connectivity index (χ3v) is 4.80. The van der Waals surface area contributed by atoms with E-state index in [-0.39, 0.29) is 15.6 Å². The first-order valence-electron chi connectivity index (χ1n) is 6.19. The van der Waals surface area contributed by atoms with Gasteiger partial charge in [0.15, 0.2) is 0 Å². The number of nitrogen functional groups attached to an aromatic ring is 1. The quantitative estimate of drug-likeness (QED) is 0.845. The van der Waals surface area contributed by atoms with Crippen molar-refractivity contribution >= 4 is 33.0 Å². The lowest BCUT2D eigenvalue weighted by Crippen LogP contribution is -2.14. The Hall–Kier alpha value is -1.79. The maximum atomic E-state index is 13.2. The molecule has 0 aliphatic rings. The summed E-state index contributed by atoms with van der Waals surface area (Å²) in [4.78, 5) is -0.261. The Morgan fingerprint density at radius 3 is 2.43 bits per heavy atom. The van der Waals surface area contributed by atoms with Gasteiger partial charge in [-0.25, -0.2) is 12.8 Å². The van der Waals surface area contributed by atoms with E-state index in [1.54, 1.807) is 12.1 Å². The van der Waals surface area contributed by atoms with Crippen molar-refractivity contribution in [2.24, 2.45) is 0 Å². The fourth-order valence-corrected chi connectivity index (χ4v) is 3.38. The van der Waals surface area contributed by atoms with Gasteiger partial charge in [-0.1, -0.05) is 30.7 Å². The highest BCUT2D eigenvalue weighted by Gasteiger charge is 2.20. The number of sulfonamides is 1. The molecule has 3 N–H and O–H groups in total. The zero-order valence-corrected chi connectivity index (χ0v) is 12.8. The molecule has 0 saturated carbocycles. The number of benzene rings is 2. The van der Waals surface area contributed by atoms with Crippen molar-refractivity contribution in [1.82, 2.24) is 0 Å². The van der Waals surface area contributed by atoms with Crippen LogP contribution in [0.4, 0.5) is 15.8 Å². The normalized spacial score (nSPS) is 11.4. The average molecular weight is 329 g/mol. The van der Waals surface area contributed by atoms with Gasteiger partial charge in [-0.3, -0.25) is 4.72 Å². The molecule has 2 rings (SSSR count). The van der Waals surface area contributed by atoms with Crippen LogP contribution >= 0.6 is 11.6 Å². The average Bonchev–Trinajstić information content (AvgIpc) is 2.43. The Balaban J connectivity index is 2.35. The van der Waals surface area contributed by atoms with Crippen molar-refractivity contribution in [3.8, 4) is 0 Å². The van der Waals surface area contributed by atoms with Crippen LogP contribution in [-0.2, 0) is 16.4 Å². The second-order valence-corrected chi connectivity index (χ2v) is 6.52. The van der Waals surface area contributed by atoms with E-state index < -0.39 is 15.8 Å². The molecule has 0 saturated heterocycles. The molecule has 0 radical (unpaired) electrons. The first-order chi connectivity index (χ1) is 9.83. The molecule has 0 unspecified atom stereocenters. The zero-order valence-electron chi connectivity index (χ0n) is 11.2. The maximum Gasteiger partial charge on any atom is 0.263 e. The molecule has 2 aromatic carbocycles. The first kappa shape index (κ1) is 15.6. The Labute approximate surface area is 127 Å². The monoisotopic (exact) mass is 328 g/mol. The van der Waals surface area contributed by atoms with E-state index in [1.165, 1.54) is 0 Å². The standard InChI is InChI=1S/C14H14ClFN2O2S/c1-2-9-3-5-10(6-4-9)18-21(19,20)14-8-13(17)12(16)7-11(14)15/h3-8,18H,2,17H2,1H3. The van der Waals surface area contributed by atoms with Gasteiger partial charge in [-0.15, -0.1) is 0 Å². The van der Waals surface area contributed by atoms with E-state index in [0.717, 1.165) is 24.1 Å². The maximum absolute atomic E-state index is 13.2. The molecule has 0 aliphatic carbocycles. The summed E-state index contributed by atoms with van der Waals surface area (Å²) in [5.41, 5.74) is 6.59. The van der Waals surface area contributed by atoms with Crippen LogP contribution in [0.25, 0.3) is 0 Å². The minimum Gasteiger partial charge on any atom is -0.396 e. The highest BCUT2D eigenvalue weighted by molar-refractivity contribution is 7.92. The Morgan fingerprint density at radius 2 is 1.86 bits per heavy atom. The molecule has 7 heteroatoms. The van der Waals surface area contributed by atoms with Crippen LogP contribution in [0.5, 0.6) is 0 Å². The van der Waals surface area contributed by atoms with Gasteiger partial charge >= 0.3 is 0 Å². The minimum absolute atomic E-state index is 0.223. The summed E-state index contributed by atoms with van der Waals surface area (Å²) in [7, 11) is -3.93. The summed E-state index contributed by atoms with van der Waals surface area (Å²) in [5, 5.41) is -0.223. The van der Waals surface area contributed by atoms with E-state index in [9.17, 15) is 12.8 Å². The molecule has 0 aromatic heterocycles. The van der Waals surface area contributed by atoms with Crippen LogP contribution < -0.4 is 10.5 Å². The fraction of sp³-hybridized carbons (Fsp3) is 0.143. The lowest BCUT2D eigenvalue weighted by Gasteiger charge is -2.11. The van der Waals surface area contributed by atoms with Crippen molar-refractivity contribution in [3.63, 3.8) is 0 Å². The Morgan fingerprint density at radius 1 is 1.24 bits per heavy atom. The summed E-state index contributed by atoms with van der Waals surface area (Å²) in [6.45, 7) is 2.00. The van der Waals surface area contributed by atoms with Gasteiger partial charge in [0.2, 0.25) is 0 Å². The Kier molecular flexibility index (Phi) is 4.39. The molecule has 0 bridgehead atoms. The van der Waals surface area contributed by atoms with Gasteiger partial charge in [-0.2, -0.15) is 0 Å². The molecule has 0 spiro atoms. The van der Waals surface area contributed by atoms with Gasteiger partial charge in [0, 0.05) is 5.69 Å². The van der Waals surface area contributed by atoms with Crippen LogP contribution in [-0.4, -0.2) is 8.42 Å². The molecular formula is C14H14ClFN2O2S. The summed E-state index contributed by atoms with van der Waals surface area (Å²) >= 11 is 5.79. The number of nitrogens with two attached hydrogens (primary N) is 1. The van der Waals surface area contributed by atoms with Crippen LogP contribution in [0.2, 0.25) is 5.02 Å². The first-order valence-corrected chi connectivity index (χ1v) is 8.06. The van der Waals surface area contributed by atoms with Crippen LogP contribution in [0.15, 0.2) is 41.3 Å². The molecule has 0 fully saturated rings. The number of hydrogen-bond donors (Lipinski definition) is 2. The highest BCUT2D eigenvalue weighted by atomic mass is 35.5. The van der Waals surface area contributed by atoms with Crippen molar-refractivity contribution < 1.29 is 12.8 Å². The SMILES string of the molecule is CCc1ccc(NS(=O)(=O)c2cc(N)c(F)cc2Cl)cc1. The molecule has 4 nitrogen and oxygen atoms in total. The van der Waals surface area contributed by atoms with Gasteiger partial charge in [0.05, 0.1) is 10.7 Å². The van der Waals surface area contributed by atoms with Crippen molar-refractivity contribution in [3.05, 3.63) is 52.8 Å². The van der Waals surface area contributed by atoms with Gasteiger partial charge < -0.3 is 5.73 Å². The number of rotatable bonds is 4. The van der Waals surface area contributed by atoms with E-state index in [4.69, 9.17) is 17.3 Å². The number of nitrogens with one attached hydrogen (secondary N) is 1. The van der Waals surface area contributed by atoms with Crippen LogP contribution in [0.1, 0.15) is 12.5 Å². The number of halogens is 2. The van der Waals surface area contributed by atoms with E-state index in [0.29, 0.717) is 5.69 Å². The molecule has 0 amide bonds. The van der Waals surface area contributed by atoms with Gasteiger partial charge in [0.25, 0.3) is 10.0 Å². The van der Waals surface area contributed by atoms with E-state index in [2.05, 4.69) is 4.72 Å². The lowest BCUT2D eigenvalue weighted by atomic mass is 10.2. The number of aryl methyl sites for hydroxylation is 1. The summed E-state index contributed by atoms with van der Waals surface area (Å²) in [5.74, 6) is -0.758. The molecule has 0 atom stereocenters. The third kappa shape index (κ3) is 3.46. The fourth-order valence-electron chi connectivity index (χ4n) is 1.77. The predicted octanol–water partition coefficient (Wildman–Crippen LogP) is 3.42. The van der Waals surface area contributed by atoms with Crippen LogP contribution in [0.3, 0.4) is 0 Å². The van der Waals surface area contributed by atoms with Crippen molar-refractivity contribution in [1.29, 1.82) is 0 Å². The molecule has 2 aromatic rings. The topological polar surface area (TPSA) is 72.2 Å². The molecular weight excluding hydrogens is 315 g/mol. The Bertz CT molecular complexity index is 761. The van der Waals surface area contributed by atoms with E-state index >= 15 is 0 Å². The van der Waals surface area contributed by atoms with Crippen LogP contribution in [0, 0.1) is 5.82 Å². The minimum atomic E-state index is -3.93. The number of anilines is 2. The predicted molar refractivity (Wildman–Crippen MR) is 82.5 cm³/mol. The van der Waals surface area contributed by atoms with Gasteiger partial charge in [-0.05, 0) is 36.2 Å². The highest BCUT2D eigenvalue weighted by Crippen LogP contribution is 2.28. The second-order valence-electron chi connectivity index (χ2n) is 4.46. The smallest absolute Gasteiger partial charge is 0.263 e. The molecule has 0 aliphatic heterocycles. The summed E-state index contributed by atoms with van der Waals surface area (Å²) in [6.07, 6.45) is 0.855. The largest absolute Gasteiger partial charge is 0.396 e. The molecule has 112 valence electrons. The lowest BCUT2D eigenvalue weighted by molar-refractivity contribution is 0.600. The molecule has 21 heavy (non-hydrogen) atoms. The van der Waals surface area contributed by atoms with Crippen molar-refractivity contribution in [2.45, 2.75) is 18.2 Å². The molecule has 0 heterocycles. The summed E-state index contributed by atoms with van der Waals surface area (Å²) in [6, 6.07) is 8.82.